The highest BCUT2D eigenvalue weighted by Gasteiger charge is 2.25. The van der Waals surface area contributed by atoms with Crippen LogP contribution in [0.25, 0.3) is 5.69 Å². The normalized spacial score (nSPS) is 13.0. The molecule has 0 unspecified atom stereocenters. The average molecular weight is 480 g/mol. The molecule has 0 fully saturated rings. The van der Waals surface area contributed by atoms with E-state index in [1.807, 2.05) is 80.1 Å². The Labute approximate surface area is 210 Å². The maximum atomic E-state index is 10.7. The number of hydrogen-bond acceptors (Lipinski definition) is 5. The van der Waals surface area contributed by atoms with Gasteiger partial charge in [-0.3, -0.25) is 4.90 Å². The Bertz CT molecular complexity index is 1050. The van der Waals surface area contributed by atoms with Gasteiger partial charge < -0.3 is 14.6 Å². The smallest absolute Gasteiger partial charge is 0.227 e. The number of benzene rings is 2. The maximum Gasteiger partial charge on any atom is 0.227 e. The van der Waals surface area contributed by atoms with Crippen LogP contribution in [0.1, 0.15) is 58.4 Å². The van der Waals surface area contributed by atoms with Crippen LogP contribution in [-0.4, -0.2) is 50.7 Å². The SMILES string of the molecule is CCc1nn(-c2ccccc2)c(Oc2ccc(C)cc2)c1CN(C[C@H](O)COC(C)(C)C)C(C)C. The summed E-state index contributed by atoms with van der Waals surface area (Å²) in [5.74, 6) is 1.48. The number of aliphatic hydroxyl groups excluding tert-OH is 1. The highest BCUT2D eigenvalue weighted by atomic mass is 16.5. The Hall–Kier alpha value is -2.67. The molecule has 3 aromatic rings. The lowest BCUT2D eigenvalue weighted by Crippen LogP contribution is -2.40. The van der Waals surface area contributed by atoms with Crippen molar-refractivity contribution in [3.8, 4) is 17.3 Å². The summed E-state index contributed by atoms with van der Waals surface area (Å²) in [5.41, 5.74) is 3.87. The van der Waals surface area contributed by atoms with E-state index in [1.54, 1.807) is 0 Å². The summed E-state index contributed by atoms with van der Waals surface area (Å²) in [4.78, 5) is 2.25. The molecule has 6 heteroatoms. The lowest BCUT2D eigenvalue weighted by atomic mass is 10.1. The summed E-state index contributed by atoms with van der Waals surface area (Å²) < 4.78 is 14.2. The molecule has 3 rings (SSSR count). The van der Waals surface area contributed by atoms with Crippen LogP contribution in [0.2, 0.25) is 0 Å². The van der Waals surface area contributed by atoms with Crippen LogP contribution in [0, 0.1) is 6.92 Å². The van der Waals surface area contributed by atoms with Crippen molar-refractivity contribution in [1.29, 1.82) is 0 Å². The Balaban J connectivity index is 1.96. The van der Waals surface area contributed by atoms with Crippen LogP contribution in [0.3, 0.4) is 0 Å². The van der Waals surface area contributed by atoms with Crippen LogP contribution in [0.15, 0.2) is 54.6 Å². The van der Waals surface area contributed by atoms with E-state index < -0.39 is 6.10 Å². The van der Waals surface area contributed by atoms with Gasteiger partial charge in [0, 0.05) is 19.1 Å². The van der Waals surface area contributed by atoms with Gasteiger partial charge >= 0.3 is 0 Å². The zero-order valence-electron chi connectivity index (χ0n) is 22.3. The van der Waals surface area contributed by atoms with E-state index in [0.29, 0.717) is 25.6 Å². The van der Waals surface area contributed by atoms with Crippen molar-refractivity contribution in [1.82, 2.24) is 14.7 Å². The summed E-state index contributed by atoms with van der Waals surface area (Å²) in [6.07, 6.45) is 0.188. The molecule has 0 aliphatic carbocycles. The van der Waals surface area contributed by atoms with E-state index in [9.17, 15) is 5.11 Å². The maximum absolute atomic E-state index is 10.7. The molecule has 0 spiro atoms. The molecule has 6 nitrogen and oxygen atoms in total. The number of aliphatic hydroxyl groups is 1. The van der Waals surface area contributed by atoms with Crippen molar-refractivity contribution < 1.29 is 14.6 Å². The Morgan fingerprint density at radius 2 is 1.69 bits per heavy atom. The van der Waals surface area contributed by atoms with Crippen molar-refractivity contribution in [3.63, 3.8) is 0 Å². The molecule has 1 atom stereocenters. The van der Waals surface area contributed by atoms with Gasteiger partial charge in [-0.1, -0.05) is 42.8 Å². The molecule has 0 saturated heterocycles. The van der Waals surface area contributed by atoms with Crippen LogP contribution in [0.5, 0.6) is 11.6 Å². The van der Waals surface area contributed by atoms with Crippen molar-refractivity contribution in [3.05, 3.63) is 71.4 Å². The first-order chi connectivity index (χ1) is 16.6. The van der Waals surface area contributed by atoms with Crippen LogP contribution in [0.4, 0.5) is 0 Å². The summed E-state index contributed by atoms with van der Waals surface area (Å²) in [6.45, 7) is 15.9. The summed E-state index contributed by atoms with van der Waals surface area (Å²) >= 11 is 0. The molecule has 1 N–H and O–H groups in total. The molecule has 0 radical (unpaired) electrons. The fourth-order valence-electron chi connectivity index (χ4n) is 3.82. The highest BCUT2D eigenvalue weighted by Crippen LogP contribution is 2.32. The molecule has 0 aliphatic rings. The number of rotatable bonds is 11. The van der Waals surface area contributed by atoms with Crippen molar-refractivity contribution in [2.75, 3.05) is 13.2 Å². The third kappa shape index (κ3) is 7.66. The topological polar surface area (TPSA) is 59.8 Å². The van der Waals surface area contributed by atoms with E-state index in [2.05, 4.69) is 32.6 Å². The molecule has 0 aliphatic heterocycles. The lowest BCUT2D eigenvalue weighted by Gasteiger charge is -2.30. The molecule has 1 heterocycles. The zero-order chi connectivity index (χ0) is 25.6. The Morgan fingerprint density at radius 3 is 2.26 bits per heavy atom. The lowest BCUT2D eigenvalue weighted by molar-refractivity contribution is -0.0587. The minimum absolute atomic E-state index is 0.219. The third-order valence-electron chi connectivity index (χ3n) is 5.84. The highest BCUT2D eigenvalue weighted by molar-refractivity contribution is 5.44. The number of aromatic nitrogens is 2. The van der Waals surface area contributed by atoms with Crippen molar-refractivity contribution in [2.45, 2.75) is 79.2 Å². The minimum atomic E-state index is -0.590. The quantitative estimate of drug-likeness (QED) is 0.370. The Kier molecular flexibility index (Phi) is 9.11. The number of ether oxygens (including phenoxy) is 2. The molecule has 0 amide bonds. The second-order valence-electron chi connectivity index (χ2n) is 10.3. The standard InChI is InChI=1S/C29H41N3O3/c1-8-27-26(19-31(21(2)3)18-24(33)20-34-29(5,6)7)28(35-25-16-14-22(4)15-17-25)32(30-27)23-12-10-9-11-13-23/h9-17,21,24,33H,8,18-20H2,1-7H3/t24-/m0/s1. The van der Waals surface area contributed by atoms with Crippen molar-refractivity contribution in [2.24, 2.45) is 0 Å². The van der Waals surface area contributed by atoms with Gasteiger partial charge in [0.2, 0.25) is 5.88 Å². The number of aryl methyl sites for hydroxylation is 2. The van der Waals surface area contributed by atoms with Crippen molar-refractivity contribution >= 4 is 0 Å². The number of hydrogen-bond donors (Lipinski definition) is 1. The summed E-state index contributed by atoms with van der Waals surface area (Å²) in [5, 5.41) is 15.7. The second kappa shape index (κ2) is 11.8. The first kappa shape index (κ1) is 26.9. The van der Waals surface area contributed by atoms with Gasteiger partial charge in [0.15, 0.2) is 0 Å². The monoisotopic (exact) mass is 479 g/mol. The van der Waals surface area contributed by atoms with Crippen LogP contribution >= 0.6 is 0 Å². The van der Waals surface area contributed by atoms with Gasteiger partial charge in [0.1, 0.15) is 5.75 Å². The first-order valence-corrected chi connectivity index (χ1v) is 12.5. The molecule has 0 bridgehead atoms. The molecular formula is C29H41N3O3. The molecule has 0 saturated carbocycles. The van der Waals surface area contributed by atoms with Gasteiger partial charge in [-0.15, -0.1) is 0 Å². The predicted molar refractivity (Wildman–Crippen MR) is 141 cm³/mol. The van der Waals surface area contributed by atoms with Gasteiger partial charge in [0.05, 0.1) is 35.3 Å². The molecule has 2 aromatic carbocycles. The molecule has 1 aromatic heterocycles. The minimum Gasteiger partial charge on any atom is -0.439 e. The van der Waals surface area contributed by atoms with E-state index in [1.165, 1.54) is 5.56 Å². The number of nitrogens with zero attached hydrogens (tertiary/aromatic N) is 3. The fourth-order valence-corrected chi connectivity index (χ4v) is 3.82. The van der Waals surface area contributed by atoms with E-state index in [-0.39, 0.29) is 11.6 Å². The van der Waals surface area contributed by atoms with Gasteiger partial charge in [0.25, 0.3) is 0 Å². The summed E-state index contributed by atoms with van der Waals surface area (Å²) in [7, 11) is 0. The third-order valence-corrected chi connectivity index (χ3v) is 5.84. The van der Waals surface area contributed by atoms with E-state index in [4.69, 9.17) is 14.6 Å². The fraction of sp³-hybridized carbons (Fsp3) is 0.483. The van der Waals surface area contributed by atoms with Gasteiger partial charge in [-0.25, -0.2) is 4.68 Å². The molecular weight excluding hydrogens is 438 g/mol. The van der Waals surface area contributed by atoms with Crippen LogP contribution in [-0.2, 0) is 17.7 Å². The average Bonchev–Trinajstić information content (AvgIpc) is 3.15. The zero-order valence-corrected chi connectivity index (χ0v) is 22.3. The second-order valence-corrected chi connectivity index (χ2v) is 10.3. The van der Waals surface area contributed by atoms with Crippen LogP contribution < -0.4 is 4.74 Å². The first-order valence-electron chi connectivity index (χ1n) is 12.5. The largest absolute Gasteiger partial charge is 0.439 e. The predicted octanol–water partition coefficient (Wildman–Crippen LogP) is 5.92. The molecule has 35 heavy (non-hydrogen) atoms. The molecule has 190 valence electrons. The number of para-hydroxylation sites is 1. The van der Waals surface area contributed by atoms with E-state index >= 15 is 0 Å². The van der Waals surface area contributed by atoms with Gasteiger partial charge in [-0.2, -0.15) is 5.10 Å². The van der Waals surface area contributed by atoms with Gasteiger partial charge in [-0.05, 0) is 72.2 Å². The Morgan fingerprint density at radius 1 is 1.03 bits per heavy atom. The summed E-state index contributed by atoms with van der Waals surface area (Å²) in [6, 6.07) is 18.4. The van der Waals surface area contributed by atoms with E-state index in [0.717, 1.165) is 29.1 Å².